The van der Waals surface area contributed by atoms with Crippen molar-refractivity contribution in [1.82, 2.24) is 4.90 Å². The van der Waals surface area contributed by atoms with E-state index < -0.39 is 0 Å². The predicted octanol–water partition coefficient (Wildman–Crippen LogP) is 0.654. The maximum absolute atomic E-state index is 10.7. The van der Waals surface area contributed by atoms with E-state index in [-0.39, 0.29) is 5.91 Å². The van der Waals surface area contributed by atoms with Crippen LogP contribution in [0.5, 0.6) is 0 Å². The van der Waals surface area contributed by atoms with E-state index in [0.717, 1.165) is 13.1 Å². The van der Waals surface area contributed by atoms with Crippen LogP contribution in [0.4, 0.5) is 0 Å². The molecule has 0 aromatic rings. The second kappa shape index (κ2) is 2.66. The number of halogens is 1. The summed E-state index contributed by atoms with van der Waals surface area (Å²) < 4.78 is 0.637. The van der Waals surface area contributed by atoms with Crippen LogP contribution in [-0.2, 0) is 4.79 Å². The number of nitrogens with zero attached hydrogens (tertiary/aromatic N) is 1. The fourth-order valence-corrected chi connectivity index (χ4v) is 1.13. The summed E-state index contributed by atoms with van der Waals surface area (Å²) in [6.45, 7) is 1.98. The Morgan fingerprint density at radius 2 is 2.25 bits per heavy atom. The van der Waals surface area contributed by atoms with Crippen molar-refractivity contribution in [2.75, 3.05) is 17.5 Å². The molecule has 2 nitrogen and oxygen atoms in total. The first-order valence-electron chi connectivity index (χ1n) is 2.68. The molecule has 0 unspecified atom stereocenters. The number of alkyl halides is 1. The van der Waals surface area contributed by atoms with Crippen LogP contribution in [0.15, 0.2) is 0 Å². The molecule has 0 saturated carbocycles. The van der Waals surface area contributed by atoms with Crippen LogP contribution in [0.2, 0.25) is 0 Å². The molecule has 0 bridgehead atoms. The first-order valence-corrected chi connectivity index (χ1v) is 4.21. The van der Waals surface area contributed by atoms with Gasteiger partial charge in [-0.3, -0.25) is 4.79 Å². The number of amides is 1. The Morgan fingerprint density at radius 3 is 2.38 bits per heavy atom. The molecule has 1 rings (SSSR count). The zero-order valence-electron chi connectivity index (χ0n) is 4.56. The molecule has 0 radical (unpaired) electrons. The molecule has 0 spiro atoms. The number of hydrogen-bond acceptors (Lipinski definition) is 1. The van der Waals surface area contributed by atoms with Gasteiger partial charge in [0.05, 0.1) is 4.43 Å². The SMILES string of the molecule is O=C(CI)N1CCC1. The summed E-state index contributed by atoms with van der Waals surface area (Å²) in [5, 5.41) is 0. The Morgan fingerprint density at radius 1 is 1.62 bits per heavy atom. The van der Waals surface area contributed by atoms with Crippen LogP contribution in [-0.4, -0.2) is 28.3 Å². The Balaban J connectivity index is 2.24. The van der Waals surface area contributed by atoms with Gasteiger partial charge in [0, 0.05) is 13.1 Å². The molecule has 0 aliphatic carbocycles. The van der Waals surface area contributed by atoms with Crippen molar-refractivity contribution < 1.29 is 4.79 Å². The Labute approximate surface area is 62.4 Å². The van der Waals surface area contributed by atoms with E-state index in [1.54, 1.807) is 0 Å². The summed E-state index contributed by atoms with van der Waals surface area (Å²) >= 11 is 2.09. The molecule has 3 heteroatoms. The monoisotopic (exact) mass is 225 g/mol. The van der Waals surface area contributed by atoms with Crippen LogP contribution in [0.1, 0.15) is 6.42 Å². The Hall–Kier alpha value is 0.200. The highest BCUT2D eigenvalue weighted by Gasteiger charge is 2.17. The van der Waals surface area contributed by atoms with E-state index in [9.17, 15) is 4.79 Å². The van der Waals surface area contributed by atoms with Gasteiger partial charge in [0.1, 0.15) is 0 Å². The van der Waals surface area contributed by atoms with Crippen molar-refractivity contribution in [2.45, 2.75) is 6.42 Å². The van der Waals surface area contributed by atoms with Gasteiger partial charge in [0.15, 0.2) is 0 Å². The van der Waals surface area contributed by atoms with Crippen molar-refractivity contribution in [2.24, 2.45) is 0 Å². The Kier molecular flexibility index (Phi) is 2.10. The lowest BCUT2D eigenvalue weighted by Gasteiger charge is -2.30. The normalized spacial score (nSPS) is 17.9. The van der Waals surface area contributed by atoms with E-state index in [4.69, 9.17) is 0 Å². The summed E-state index contributed by atoms with van der Waals surface area (Å²) in [6, 6.07) is 0. The number of carbonyl (C=O) groups excluding carboxylic acids is 1. The molecule has 1 fully saturated rings. The number of likely N-dealkylation sites (tertiary alicyclic amines) is 1. The zero-order valence-corrected chi connectivity index (χ0v) is 6.72. The molecule has 0 aromatic heterocycles. The van der Waals surface area contributed by atoms with Gasteiger partial charge in [0.25, 0.3) is 0 Å². The third kappa shape index (κ3) is 1.13. The third-order valence-electron chi connectivity index (χ3n) is 1.32. The minimum absolute atomic E-state index is 0.289. The van der Waals surface area contributed by atoms with Gasteiger partial charge in [-0.2, -0.15) is 0 Å². The molecule has 0 N–H and O–H groups in total. The van der Waals surface area contributed by atoms with E-state index >= 15 is 0 Å². The molecule has 1 heterocycles. The third-order valence-corrected chi connectivity index (χ3v) is 1.98. The number of hydrogen-bond donors (Lipinski definition) is 0. The van der Waals surface area contributed by atoms with Gasteiger partial charge in [-0.25, -0.2) is 0 Å². The van der Waals surface area contributed by atoms with Crippen molar-refractivity contribution in [3.05, 3.63) is 0 Å². The quantitative estimate of drug-likeness (QED) is 0.474. The van der Waals surface area contributed by atoms with E-state index in [2.05, 4.69) is 22.6 Å². The predicted molar refractivity (Wildman–Crippen MR) is 40.1 cm³/mol. The summed E-state index contributed by atoms with van der Waals surface area (Å²) in [6.07, 6.45) is 1.20. The summed E-state index contributed by atoms with van der Waals surface area (Å²) in [4.78, 5) is 12.6. The van der Waals surface area contributed by atoms with Gasteiger partial charge in [0.2, 0.25) is 5.91 Å². The van der Waals surface area contributed by atoms with Crippen LogP contribution in [0.3, 0.4) is 0 Å². The van der Waals surface area contributed by atoms with Gasteiger partial charge in [-0.15, -0.1) is 0 Å². The molecule has 1 amide bonds. The fraction of sp³-hybridized carbons (Fsp3) is 0.800. The van der Waals surface area contributed by atoms with Crippen LogP contribution in [0.25, 0.3) is 0 Å². The van der Waals surface area contributed by atoms with Crippen molar-refractivity contribution >= 4 is 28.5 Å². The van der Waals surface area contributed by atoms with Gasteiger partial charge in [-0.05, 0) is 6.42 Å². The summed E-state index contributed by atoms with van der Waals surface area (Å²) in [7, 11) is 0. The molecule has 1 saturated heterocycles. The number of rotatable bonds is 1. The van der Waals surface area contributed by atoms with Gasteiger partial charge >= 0.3 is 0 Å². The molecule has 1 aliphatic heterocycles. The summed E-state index contributed by atoms with van der Waals surface area (Å²) in [5.74, 6) is 0.289. The van der Waals surface area contributed by atoms with Crippen LogP contribution in [0, 0.1) is 0 Å². The smallest absolute Gasteiger partial charge is 0.232 e. The maximum Gasteiger partial charge on any atom is 0.232 e. The molecular formula is C5H8INO. The second-order valence-electron chi connectivity index (χ2n) is 1.87. The fourth-order valence-electron chi connectivity index (χ4n) is 0.650. The van der Waals surface area contributed by atoms with E-state index in [0.29, 0.717) is 4.43 Å². The average molecular weight is 225 g/mol. The van der Waals surface area contributed by atoms with Crippen LogP contribution >= 0.6 is 22.6 Å². The topological polar surface area (TPSA) is 20.3 Å². The van der Waals surface area contributed by atoms with Gasteiger partial charge < -0.3 is 4.90 Å². The van der Waals surface area contributed by atoms with Gasteiger partial charge in [-0.1, -0.05) is 22.6 Å². The maximum atomic E-state index is 10.7. The van der Waals surface area contributed by atoms with Crippen LogP contribution < -0.4 is 0 Å². The number of carbonyl (C=O) groups is 1. The molecule has 1 aliphatic rings. The summed E-state index contributed by atoms with van der Waals surface area (Å²) in [5.41, 5.74) is 0. The van der Waals surface area contributed by atoms with Crippen molar-refractivity contribution in [3.63, 3.8) is 0 Å². The minimum atomic E-state index is 0.289. The van der Waals surface area contributed by atoms with E-state index in [1.807, 2.05) is 4.90 Å². The highest BCUT2D eigenvalue weighted by molar-refractivity contribution is 14.1. The molecule has 0 atom stereocenters. The lowest BCUT2D eigenvalue weighted by molar-refractivity contribution is -0.131. The first kappa shape index (κ1) is 6.32. The molecular weight excluding hydrogens is 217 g/mol. The largest absolute Gasteiger partial charge is 0.342 e. The van der Waals surface area contributed by atoms with E-state index in [1.165, 1.54) is 6.42 Å². The highest BCUT2D eigenvalue weighted by atomic mass is 127. The molecule has 0 aromatic carbocycles. The second-order valence-corrected chi connectivity index (χ2v) is 2.63. The zero-order chi connectivity index (χ0) is 5.98. The lowest BCUT2D eigenvalue weighted by Crippen LogP contribution is -2.42. The highest BCUT2D eigenvalue weighted by Crippen LogP contribution is 2.06. The average Bonchev–Trinajstić information content (AvgIpc) is 1.62. The minimum Gasteiger partial charge on any atom is -0.342 e. The first-order chi connectivity index (χ1) is 3.84. The Bertz CT molecular complexity index is 101. The van der Waals surface area contributed by atoms with Crippen molar-refractivity contribution in [1.29, 1.82) is 0 Å². The molecule has 46 valence electrons. The molecule has 8 heavy (non-hydrogen) atoms. The standard InChI is InChI=1S/C5H8INO/c6-4-5(8)7-2-1-3-7/h1-4H2. The lowest BCUT2D eigenvalue weighted by atomic mass is 10.2. The van der Waals surface area contributed by atoms with Crippen molar-refractivity contribution in [3.8, 4) is 0 Å².